The number of aliphatic hydroxyl groups is 1. The summed E-state index contributed by atoms with van der Waals surface area (Å²) in [6.07, 6.45) is 5.70. The number of carbonyl (C=O) groups excluding carboxylic acids is 1. The third-order valence-corrected chi connectivity index (χ3v) is 3.88. The SMILES string of the molecule is C=CCC(N)(C(=O)OC)C1CCC(CO)CC1. The minimum absolute atomic E-state index is 0.121. The summed E-state index contributed by atoms with van der Waals surface area (Å²) in [5.41, 5.74) is 5.27. The minimum atomic E-state index is -0.947. The second-order valence-electron chi connectivity index (χ2n) is 4.92. The van der Waals surface area contributed by atoms with Gasteiger partial charge in [-0.3, -0.25) is 4.79 Å². The molecule has 0 aliphatic heterocycles. The molecule has 17 heavy (non-hydrogen) atoms. The third-order valence-electron chi connectivity index (χ3n) is 3.88. The van der Waals surface area contributed by atoms with Crippen LogP contribution in [0.2, 0.25) is 0 Å². The average Bonchev–Trinajstić information content (AvgIpc) is 2.38. The van der Waals surface area contributed by atoms with Gasteiger partial charge < -0.3 is 15.6 Å². The smallest absolute Gasteiger partial charge is 0.326 e. The number of hydrogen-bond acceptors (Lipinski definition) is 4. The fourth-order valence-corrected chi connectivity index (χ4v) is 2.71. The summed E-state index contributed by atoms with van der Waals surface area (Å²) in [4.78, 5) is 11.8. The van der Waals surface area contributed by atoms with Crippen molar-refractivity contribution in [3.8, 4) is 0 Å². The van der Waals surface area contributed by atoms with Crippen molar-refractivity contribution in [2.24, 2.45) is 17.6 Å². The molecule has 1 rings (SSSR count). The van der Waals surface area contributed by atoms with Crippen LogP contribution in [-0.4, -0.2) is 30.3 Å². The van der Waals surface area contributed by atoms with Crippen LogP contribution in [-0.2, 0) is 9.53 Å². The van der Waals surface area contributed by atoms with Gasteiger partial charge in [0.2, 0.25) is 0 Å². The van der Waals surface area contributed by atoms with Crippen molar-refractivity contribution in [2.75, 3.05) is 13.7 Å². The fourth-order valence-electron chi connectivity index (χ4n) is 2.71. The van der Waals surface area contributed by atoms with E-state index >= 15 is 0 Å². The molecule has 4 nitrogen and oxygen atoms in total. The zero-order chi connectivity index (χ0) is 12.9. The molecule has 1 fully saturated rings. The number of hydrogen-bond donors (Lipinski definition) is 2. The largest absolute Gasteiger partial charge is 0.468 e. The normalized spacial score (nSPS) is 28.2. The number of ether oxygens (including phenoxy) is 1. The molecule has 0 bridgehead atoms. The predicted octanol–water partition coefficient (Wildman–Crippen LogP) is 1.23. The van der Waals surface area contributed by atoms with Gasteiger partial charge in [-0.15, -0.1) is 6.58 Å². The van der Waals surface area contributed by atoms with Gasteiger partial charge in [-0.2, -0.15) is 0 Å². The molecule has 0 aromatic heterocycles. The molecule has 0 aromatic carbocycles. The Balaban J connectivity index is 2.72. The Morgan fingerprint density at radius 3 is 2.53 bits per heavy atom. The van der Waals surface area contributed by atoms with Crippen molar-refractivity contribution in [2.45, 2.75) is 37.6 Å². The van der Waals surface area contributed by atoms with Gasteiger partial charge in [0.05, 0.1) is 7.11 Å². The maximum Gasteiger partial charge on any atom is 0.326 e. The highest BCUT2D eigenvalue weighted by Crippen LogP contribution is 2.36. The van der Waals surface area contributed by atoms with Crippen molar-refractivity contribution in [1.82, 2.24) is 0 Å². The van der Waals surface area contributed by atoms with Gasteiger partial charge in [0.15, 0.2) is 0 Å². The topological polar surface area (TPSA) is 72.6 Å². The molecule has 0 radical (unpaired) electrons. The molecule has 0 heterocycles. The second kappa shape index (κ2) is 6.17. The van der Waals surface area contributed by atoms with E-state index in [1.54, 1.807) is 6.08 Å². The van der Waals surface area contributed by atoms with Crippen LogP contribution in [0.15, 0.2) is 12.7 Å². The summed E-state index contributed by atoms with van der Waals surface area (Å²) < 4.78 is 4.81. The number of aliphatic hydroxyl groups excluding tert-OH is 1. The van der Waals surface area contributed by atoms with Gasteiger partial charge in [0.1, 0.15) is 5.54 Å². The molecule has 1 atom stereocenters. The lowest BCUT2D eigenvalue weighted by Crippen LogP contribution is -2.55. The molecular formula is C13H23NO3. The number of carbonyl (C=O) groups is 1. The molecule has 98 valence electrons. The van der Waals surface area contributed by atoms with Crippen LogP contribution < -0.4 is 5.73 Å². The van der Waals surface area contributed by atoms with Crippen molar-refractivity contribution in [1.29, 1.82) is 0 Å². The molecule has 1 saturated carbocycles. The summed E-state index contributed by atoms with van der Waals surface area (Å²) >= 11 is 0. The van der Waals surface area contributed by atoms with E-state index < -0.39 is 5.54 Å². The van der Waals surface area contributed by atoms with Crippen LogP contribution >= 0.6 is 0 Å². The van der Waals surface area contributed by atoms with Crippen molar-refractivity contribution in [3.05, 3.63) is 12.7 Å². The van der Waals surface area contributed by atoms with E-state index in [-0.39, 0.29) is 18.5 Å². The van der Waals surface area contributed by atoms with E-state index in [1.165, 1.54) is 7.11 Å². The van der Waals surface area contributed by atoms with Gasteiger partial charge in [-0.05, 0) is 43.9 Å². The van der Waals surface area contributed by atoms with Gasteiger partial charge in [0, 0.05) is 6.61 Å². The molecule has 1 unspecified atom stereocenters. The predicted molar refractivity (Wildman–Crippen MR) is 66.3 cm³/mol. The Labute approximate surface area is 103 Å². The third kappa shape index (κ3) is 3.07. The molecule has 0 saturated heterocycles. The van der Waals surface area contributed by atoms with E-state index in [0.29, 0.717) is 12.3 Å². The lowest BCUT2D eigenvalue weighted by molar-refractivity contribution is -0.150. The number of methoxy groups -OCH3 is 1. The molecule has 0 spiro atoms. The van der Waals surface area contributed by atoms with Crippen LogP contribution in [0.25, 0.3) is 0 Å². The van der Waals surface area contributed by atoms with Gasteiger partial charge in [-0.1, -0.05) is 6.08 Å². The molecule has 3 N–H and O–H groups in total. The van der Waals surface area contributed by atoms with Crippen LogP contribution in [0.5, 0.6) is 0 Å². The molecular weight excluding hydrogens is 218 g/mol. The van der Waals surface area contributed by atoms with Gasteiger partial charge >= 0.3 is 5.97 Å². The van der Waals surface area contributed by atoms with Crippen LogP contribution in [0.4, 0.5) is 0 Å². The van der Waals surface area contributed by atoms with E-state index in [4.69, 9.17) is 15.6 Å². The summed E-state index contributed by atoms with van der Waals surface area (Å²) in [5, 5.41) is 9.10. The Morgan fingerprint density at radius 2 is 2.12 bits per heavy atom. The van der Waals surface area contributed by atoms with Crippen LogP contribution in [0.3, 0.4) is 0 Å². The minimum Gasteiger partial charge on any atom is -0.468 e. The Morgan fingerprint density at radius 1 is 1.53 bits per heavy atom. The molecule has 1 aliphatic rings. The summed E-state index contributed by atoms with van der Waals surface area (Å²) in [6.45, 7) is 3.89. The Hall–Kier alpha value is -0.870. The van der Waals surface area contributed by atoms with Gasteiger partial charge in [0.25, 0.3) is 0 Å². The molecule has 0 amide bonds. The standard InChI is InChI=1S/C13H23NO3/c1-3-8-13(14,12(16)17-2)11-6-4-10(9-15)5-7-11/h3,10-11,15H,1,4-9,14H2,2H3. The number of rotatable bonds is 5. The first-order valence-corrected chi connectivity index (χ1v) is 6.17. The fraction of sp³-hybridized carbons (Fsp3) is 0.769. The monoisotopic (exact) mass is 241 g/mol. The van der Waals surface area contributed by atoms with E-state index in [2.05, 4.69) is 6.58 Å². The van der Waals surface area contributed by atoms with Crippen molar-refractivity contribution < 1.29 is 14.6 Å². The quantitative estimate of drug-likeness (QED) is 0.561. The first kappa shape index (κ1) is 14.2. The first-order chi connectivity index (χ1) is 8.08. The Bertz CT molecular complexity index is 272. The average molecular weight is 241 g/mol. The molecule has 0 aromatic rings. The van der Waals surface area contributed by atoms with E-state index in [0.717, 1.165) is 25.7 Å². The summed E-state index contributed by atoms with van der Waals surface area (Å²) in [6, 6.07) is 0. The highest BCUT2D eigenvalue weighted by molar-refractivity contribution is 5.81. The summed E-state index contributed by atoms with van der Waals surface area (Å²) in [7, 11) is 1.37. The lowest BCUT2D eigenvalue weighted by Gasteiger charge is -2.38. The number of esters is 1. The zero-order valence-corrected chi connectivity index (χ0v) is 10.5. The van der Waals surface area contributed by atoms with Crippen LogP contribution in [0, 0.1) is 11.8 Å². The molecule has 4 heteroatoms. The van der Waals surface area contributed by atoms with E-state index in [1.807, 2.05) is 0 Å². The van der Waals surface area contributed by atoms with Crippen molar-refractivity contribution in [3.63, 3.8) is 0 Å². The number of nitrogens with two attached hydrogens (primary N) is 1. The summed E-state index contributed by atoms with van der Waals surface area (Å²) in [5.74, 6) is 0.123. The van der Waals surface area contributed by atoms with E-state index in [9.17, 15) is 4.79 Å². The molecule has 1 aliphatic carbocycles. The zero-order valence-electron chi connectivity index (χ0n) is 10.5. The highest BCUT2D eigenvalue weighted by atomic mass is 16.5. The Kier molecular flexibility index (Phi) is 5.15. The maximum absolute atomic E-state index is 11.8. The lowest BCUT2D eigenvalue weighted by atomic mass is 9.71. The first-order valence-electron chi connectivity index (χ1n) is 6.17. The van der Waals surface area contributed by atoms with Gasteiger partial charge in [-0.25, -0.2) is 0 Å². The van der Waals surface area contributed by atoms with Crippen LogP contribution in [0.1, 0.15) is 32.1 Å². The maximum atomic E-state index is 11.8. The highest BCUT2D eigenvalue weighted by Gasteiger charge is 2.43. The second-order valence-corrected chi connectivity index (χ2v) is 4.92. The van der Waals surface area contributed by atoms with Crippen molar-refractivity contribution >= 4 is 5.97 Å².